The van der Waals surface area contributed by atoms with Gasteiger partial charge in [-0.2, -0.15) is 0 Å². The topological polar surface area (TPSA) is 51.8 Å². The van der Waals surface area contributed by atoms with E-state index in [1.54, 1.807) is 17.5 Å². The second-order valence-corrected chi connectivity index (χ2v) is 3.68. The van der Waals surface area contributed by atoms with E-state index in [4.69, 9.17) is 5.73 Å². The second-order valence-electron chi connectivity index (χ2n) is 2.67. The molecule has 0 aliphatic rings. The highest BCUT2D eigenvalue weighted by Gasteiger charge is 2.06. The molecule has 62 valence electrons. The van der Waals surface area contributed by atoms with Crippen LogP contribution < -0.4 is 5.73 Å². The third-order valence-electron chi connectivity index (χ3n) is 1.57. The van der Waals surface area contributed by atoms with E-state index in [0.717, 1.165) is 15.4 Å². The number of hydrogen-bond donors (Lipinski definition) is 1. The van der Waals surface area contributed by atoms with Gasteiger partial charge in [0, 0.05) is 6.20 Å². The molecule has 2 aromatic heterocycles. The molecule has 1 atom stereocenters. The Bertz CT molecular complexity index is 361. The van der Waals surface area contributed by atoms with Crippen molar-refractivity contribution in [3.8, 4) is 0 Å². The van der Waals surface area contributed by atoms with Crippen LogP contribution in [0.15, 0.2) is 18.3 Å². The summed E-state index contributed by atoms with van der Waals surface area (Å²) in [7, 11) is 0. The molecule has 0 radical (unpaired) electrons. The van der Waals surface area contributed by atoms with E-state index in [0.29, 0.717) is 0 Å². The van der Waals surface area contributed by atoms with Gasteiger partial charge in [-0.05, 0) is 19.1 Å². The van der Waals surface area contributed by atoms with E-state index < -0.39 is 0 Å². The van der Waals surface area contributed by atoms with Crippen LogP contribution in [0.5, 0.6) is 0 Å². The van der Waals surface area contributed by atoms with Crippen LogP contribution in [0.4, 0.5) is 0 Å². The molecule has 0 saturated carbocycles. The minimum atomic E-state index is 0.00389. The zero-order valence-corrected chi connectivity index (χ0v) is 7.51. The van der Waals surface area contributed by atoms with Crippen LogP contribution in [-0.4, -0.2) is 9.97 Å². The average Bonchev–Trinajstić information content (AvgIpc) is 2.46. The average molecular weight is 179 g/mol. The summed E-state index contributed by atoms with van der Waals surface area (Å²) in [6.07, 6.45) is 1.77. The van der Waals surface area contributed by atoms with Gasteiger partial charge >= 0.3 is 0 Å². The summed E-state index contributed by atoms with van der Waals surface area (Å²) in [5.74, 6) is 0. The molecule has 2 N–H and O–H groups in total. The number of pyridine rings is 1. The largest absolute Gasteiger partial charge is 0.322 e. The van der Waals surface area contributed by atoms with Crippen molar-refractivity contribution in [1.82, 2.24) is 9.97 Å². The van der Waals surface area contributed by atoms with Gasteiger partial charge in [-0.15, -0.1) is 0 Å². The number of aromatic nitrogens is 2. The Kier molecular flexibility index (Phi) is 1.78. The lowest BCUT2D eigenvalue weighted by atomic mass is 10.4. The van der Waals surface area contributed by atoms with E-state index >= 15 is 0 Å². The highest BCUT2D eigenvalue weighted by molar-refractivity contribution is 7.18. The van der Waals surface area contributed by atoms with Crippen LogP contribution in [0.25, 0.3) is 10.3 Å². The zero-order chi connectivity index (χ0) is 8.55. The third kappa shape index (κ3) is 1.19. The van der Waals surface area contributed by atoms with Gasteiger partial charge in [-0.25, -0.2) is 9.97 Å². The number of thiazole rings is 1. The first-order chi connectivity index (χ1) is 5.77. The maximum Gasteiger partial charge on any atom is 0.143 e. The Balaban J connectivity index is 2.62. The molecule has 0 saturated heterocycles. The molecular weight excluding hydrogens is 170 g/mol. The minimum absolute atomic E-state index is 0.00389. The summed E-state index contributed by atoms with van der Waals surface area (Å²) in [4.78, 5) is 9.49. The van der Waals surface area contributed by atoms with Crippen molar-refractivity contribution in [3.05, 3.63) is 23.3 Å². The molecule has 4 heteroatoms. The number of nitrogens with two attached hydrogens (primary N) is 1. The summed E-state index contributed by atoms with van der Waals surface area (Å²) in [5.41, 5.74) is 6.64. The van der Waals surface area contributed by atoms with E-state index in [9.17, 15) is 0 Å². The molecule has 1 unspecified atom stereocenters. The molecule has 2 aromatic rings. The van der Waals surface area contributed by atoms with Crippen LogP contribution >= 0.6 is 11.3 Å². The molecule has 3 nitrogen and oxygen atoms in total. The van der Waals surface area contributed by atoms with Crippen molar-refractivity contribution in [2.24, 2.45) is 5.73 Å². The Morgan fingerprint density at radius 1 is 1.58 bits per heavy atom. The molecular formula is C8H9N3S. The minimum Gasteiger partial charge on any atom is -0.322 e. The highest BCUT2D eigenvalue weighted by Crippen LogP contribution is 2.22. The maximum atomic E-state index is 5.70. The Morgan fingerprint density at radius 2 is 2.42 bits per heavy atom. The number of fused-ring (bicyclic) bond motifs is 1. The number of nitrogens with zero attached hydrogens (tertiary/aromatic N) is 2. The second kappa shape index (κ2) is 2.80. The molecule has 2 rings (SSSR count). The van der Waals surface area contributed by atoms with Crippen LogP contribution in [0.2, 0.25) is 0 Å². The number of rotatable bonds is 1. The summed E-state index contributed by atoms with van der Waals surface area (Å²) in [5, 5.41) is 0.948. The predicted octanol–water partition coefficient (Wildman–Crippen LogP) is 1.71. The van der Waals surface area contributed by atoms with Gasteiger partial charge in [0.15, 0.2) is 0 Å². The normalized spacial score (nSPS) is 13.5. The summed E-state index contributed by atoms with van der Waals surface area (Å²) in [6.45, 7) is 1.93. The van der Waals surface area contributed by atoms with Crippen LogP contribution in [0, 0.1) is 0 Å². The van der Waals surface area contributed by atoms with Crippen molar-refractivity contribution in [3.63, 3.8) is 0 Å². The molecule has 12 heavy (non-hydrogen) atoms. The van der Waals surface area contributed by atoms with E-state index in [2.05, 4.69) is 9.97 Å². The first-order valence-electron chi connectivity index (χ1n) is 3.74. The molecule has 0 fully saturated rings. The first-order valence-corrected chi connectivity index (χ1v) is 4.56. The van der Waals surface area contributed by atoms with Crippen molar-refractivity contribution < 1.29 is 0 Å². The molecule has 0 bridgehead atoms. The zero-order valence-electron chi connectivity index (χ0n) is 6.69. The lowest BCUT2D eigenvalue weighted by molar-refractivity contribution is 0.810. The van der Waals surface area contributed by atoms with E-state index in [1.165, 1.54) is 0 Å². The van der Waals surface area contributed by atoms with Gasteiger partial charge in [0.05, 0.1) is 6.04 Å². The molecule has 2 heterocycles. The number of hydrogen-bond acceptors (Lipinski definition) is 4. The van der Waals surface area contributed by atoms with Crippen molar-refractivity contribution in [2.75, 3.05) is 0 Å². The standard InChI is InChI=1S/C8H9N3S/c1-5(9)7-11-6-3-2-4-10-8(6)12-7/h2-5H,9H2,1H3. The molecule has 0 spiro atoms. The summed E-state index contributed by atoms with van der Waals surface area (Å²) < 4.78 is 0. The van der Waals surface area contributed by atoms with E-state index in [1.807, 2.05) is 19.1 Å². The Hall–Kier alpha value is -1.00. The van der Waals surface area contributed by atoms with Crippen molar-refractivity contribution >= 4 is 21.7 Å². The third-order valence-corrected chi connectivity index (χ3v) is 2.75. The highest BCUT2D eigenvalue weighted by atomic mass is 32.1. The van der Waals surface area contributed by atoms with Gasteiger partial charge in [0.1, 0.15) is 15.4 Å². The van der Waals surface area contributed by atoms with Gasteiger partial charge in [-0.3, -0.25) is 0 Å². The van der Waals surface area contributed by atoms with Crippen molar-refractivity contribution in [1.29, 1.82) is 0 Å². The molecule has 0 aliphatic carbocycles. The van der Waals surface area contributed by atoms with Crippen LogP contribution in [0.3, 0.4) is 0 Å². The summed E-state index contributed by atoms with van der Waals surface area (Å²) in [6, 6.07) is 3.83. The SMILES string of the molecule is CC(N)c1nc2cccnc2s1. The smallest absolute Gasteiger partial charge is 0.143 e. The Morgan fingerprint density at radius 3 is 3.08 bits per heavy atom. The van der Waals surface area contributed by atoms with Crippen LogP contribution in [-0.2, 0) is 0 Å². The fourth-order valence-electron chi connectivity index (χ4n) is 0.981. The molecule has 0 aromatic carbocycles. The summed E-state index contributed by atoms with van der Waals surface area (Å²) >= 11 is 1.56. The lowest BCUT2D eigenvalue weighted by Crippen LogP contribution is -2.03. The Labute approximate surface area is 74.3 Å². The van der Waals surface area contributed by atoms with Gasteiger partial charge in [0.25, 0.3) is 0 Å². The quantitative estimate of drug-likeness (QED) is 0.725. The lowest BCUT2D eigenvalue weighted by Gasteiger charge is -1.94. The fraction of sp³-hybridized carbons (Fsp3) is 0.250. The van der Waals surface area contributed by atoms with Gasteiger partial charge in [-0.1, -0.05) is 11.3 Å². The van der Waals surface area contributed by atoms with Crippen molar-refractivity contribution in [2.45, 2.75) is 13.0 Å². The fourth-order valence-corrected chi connectivity index (χ4v) is 1.84. The predicted molar refractivity (Wildman–Crippen MR) is 50.0 cm³/mol. The first kappa shape index (κ1) is 7.64. The monoisotopic (exact) mass is 179 g/mol. The van der Waals surface area contributed by atoms with E-state index in [-0.39, 0.29) is 6.04 Å². The molecule has 0 aliphatic heterocycles. The maximum absolute atomic E-state index is 5.70. The molecule has 0 amide bonds. The van der Waals surface area contributed by atoms with Gasteiger partial charge in [0.2, 0.25) is 0 Å². The van der Waals surface area contributed by atoms with Gasteiger partial charge < -0.3 is 5.73 Å². The van der Waals surface area contributed by atoms with Crippen LogP contribution in [0.1, 0.15) is 18.0 Å².